The molecular weight excluding hydrogens is 254 g/mol. The molecule has 1 aliphatic heterocycles. The van der Waals surface area contributed by atoms with Gasteiger partial charge in [-0.2, -0.15) is 4.68 Å². The first-order valence-corrected chi connectivity index (χ1v) is 6.93. The third-order valence-corrected chi connectivity index (χ3v) is 3.93. The minimum atomic E-state index is -0.327. The molecule has 1 aromatic carbocycles. The lowest BCUT2D eigenvalue weighted by molar-refractivity contribution is 0.102. The second-order valence-electron chi connectivity index (χ2n) is 5.51. The minimum absolute atomic E-state index is 0.327. The van der Waals surface area contributed by atoms with Crippen LogP contribution in [-0.2, 0) is 0 Å². The van der Waals surface area contributed by atoms with Crippen LogP contribution in [0.15, 0.2) is 24.3 Å². The van der Waals surface area contributed by atoms with Gasteiger partial charge in [-0.25, -0.2) is 0 Å². The van der Waals surface area contributed by atoms with Crippen molar-refractivity contribution in [1.29, 1.82) is 0 Å². The van der Waals surface area contributed by atoms with Crippen molar-refractivity contribution in [3.05, 3.63) is 29.8 Å². The molecule has 6 nitrogen and oxygen atoms in total. The lowest BCUT2D eigenvalue weighted by Gasteiger charge is -2.34. The van der Waals surface area contributed by atoms with Crippen molar-refractivity contribution in [2.24, 2.45) is 5.92 Å². The van der Waals surface area contributed by atoms with Gasteiger partial charge in [0, 0.05) is 13.1 Å². The number of aliphatic hydroxyl groups is 1. The molecule has 0 amide bonds. The van der Waals surface area contributed by atoms with Crippen molar-refractivity contribution < 1.29 is 5.11 Å². The highest BCUT2D eigenvalue weighted by Crippen LogP contribution is 2.23. The van der Waals surface area contributed by atoms with E-state index in [0.717, 1.165) is 18.7 Å². The fourth-order valence-corrected chi connectivity index (χ4v) is 2.46. The molecule has 2 aromatic rings. The third-order valence-electron chi connectivity index (χ3n) is 3.93. The number of hydrogen-bond donors (Lipinski definition) is 1. The van der Waals surface area contributed by atoms with Gasteiger partial charge >= 0.3 is 0 Å². The van der Waals surface area contributed by atoms with Crippen molar-refractivity contribution in [1.82, 2.24) is 20.2 Å². The van der Waals surface area contributed by atoms with Crippen molar-refractivity contribution in [3.63, 3.8) is 0 Å². The first-order chi connectivity index (χ1) is 9.65. The predicted octanol–water partition coefficient (Wildman–Crippen LogP) is 1.18. The summed E-state index contributed by atoms with van der Waals surface area (Å²) in [6, 6.07) is 8.07. The zero-order valence-corrected chi connectivity index (χ0v) is 11.8. The van der Waals surface area contributed by atoms with Gasteiger partial charge < -0.3 is 10.0 Å². The molecule has 106 valence electrons. The summed E-state index contributed by atoms with van der Waals surface area (Å²) in [6.45, 7) is 5.56. The highest BCUT2D eigenvalue weighted by Gasteiger charge is 2.27. The number of piperidine rings is 1. The van der Waals surface area contributed by atoms with E-state index in [1.807, 2.05) is 36.1 Å². The van der Waals surface area contributed by atoms with Crippen LogP contribution in [0, 0.1) is 12.8 Å². The van der Waals surface area contributed by atoms with E-state index < -0.39 is 0 Å². The van der Waals surface area contributed by atoms with Crippen molar-refractivity contribution >= 4 is 5.95 Å². The van der Waals surface area contributed by atoms with E-state index in [1.54, 1.807) is 4.68 Å². The van der Waals surface area contributed by atoms with E-state index in [9.17, 15) is 5.11 Å². The van der Waals surface area contributed by atoms with Gasteiger partial charge in [-0.05, 0) is 41.8 Å². The first kappa shape index (κ1) is 13.1. The Morgan fingerprint density at radius 2 is 2.00 bits per heavy atom. The molecule has 0 aliphatic carbocycles. The molecule has 1 fully saturated rings. The van der Waals surface area contributed by atoms with E-state index in [1.165, 1.54) is 5.56 Å². The molecule has 1 aliphatic rings. The maximum Gasteiger partial charge on any atom is 0.250 e. The predicted molar refractivity (Wildman–Crippen MR) is 75.9 cm³/mol. The molecule has 1 N–H and O–H groups in total. The monoisotopic (exact) mass is 273 g/mol. The molecule has 1 saturated heterocycles. The van der Waals surface area contributed by atoms with Gasteiger partial charge in [0.1, 0.15) is 0 Å². The average molecular weight is 273 g/mol. The number of anilines is 1. The highest BCUT2D eigenvalue weighted by atomic mass is 16.3. The topological polar surface area (TPSA) is 67.1 Å². The SMILES string of the molecule is Cc1ccc(-n2nnnc2N2CCC(C)C(O)C2)cc1. The molecule has 1 aromatic heterocycles. The van der Waals surface area contributed by atoms with Gasteiger partial charge in [0.2, 0.25) is 5.95 Å². The maximum absolute atomic E-state index is 10.0. The fourth-order valence-electron chi connectivity index (χ4n) is 2.46. The number of rotatable bonds is 2. The summed E-state index contributed by atoms with van der Waals surface area (Å²) in [7, 11) is 0. The Morgan fingerprint density at radius 3 is 2.70 bits per heavy atom. The number of aryl methyl sites for hydroxylation is 1. The van der Waals surface area contributed by atoms with E-state index >= 15 is 0 Å². The number of β-amino-alcohol motifs (C(OH)–C–C–N with tert-alkyl or cyclic N) is 1. The molecule has 20 heavy (non-hydrogen) atoms. The number of aliphatic hydroxyl groups excluding tert-OH is 1. The van der Waals surface area contributed by atoms with Gasteiger partial charge in [-0.1, -0.05) is 29.7 Å². The van der Waals surface area contributed by atoms with Gasteiger partial charge in [0.25, 0.3) is 0 Å². The first-order valence-electron chi connectivity index (χ1n) is 6.93. The zero-order chi connectivity index (χ0) is 14.1. The average Bonchev–Trinajstić information content (AvgIpc) is 2.92. The van der Waals surface area contributed by atoms with Crippen LogP contribution in [0.5, 0.6) is 0 Å². The van der Waals surface area contributed by atoms with Gasteiger partial charge in [-0.15, -0.1) is 0 Å². The summed E-state index contributed by atoms with van der Waals surface area (Å²) in [5, 5.41) is 22.0. The molecule has 0 radical (unpaired) electrons. The van der Waals surface area contributed by atoms with Crippen LogP contribution in [0.1, 0.15) is 18.9 Å². The summed E-state index contributed by atoms with van der Waals surface area (Å²) in [5.74, 6) is 1.02. The molecule has 6 heteroatoms. The normalized spacial score (nSPS) is 23.1. The largest absolute Gasteiger partial charge is 0.391 e. The van der Waals surface area contributed by atoms with E-state index in [-0.39, 0.29) is 6.10 Å². The molecule has 2 atom stereocenters. The van der Waals surface area contributed by atoms with Crippen LogP contribution in [0.4, 0.5) is 5.95 Å². The molecule has 2 unspecified atom stereocenters. The van der Waals surface area contributed by atoms with Crippen LogP contribution >= 0.6 is 0 Å². The minimum Gasteiger partial charge on any atom is -0.391 e. The molecule has 0 bridgehead atoms. The summed E-state index contributed by atoms with van der Waals surface area (Å²) in [6.07, 6.45) is 0.619. The van der Waals surface area contributed by atoms with Crippen LogP contribution < -0.4 is 4.90 Å². The smallest absolute Gasteiger partial charge is 0.250 e. The lowest BCUT2D eigenvalue weighted by Crippen LogP contribution is -2.44. The molecule has 3 rings (SSSR count). The van der Waals surface area contributed by atoms with Gasteiger partial charge in [0.05, 0.1) is 11.8 Å². The zero-order valence-electron chi connectivity index (χ0n) is 11.8. The Hall–Kier alpha value is -1.95. The van der Waals surface area contributed by atoms with E-state index in [0.29, 0.717) is 18.4 Å². The Labute approximate surface area is 118 Å². The van der Waals surface area contributed by atoms with Crippen LogP contribution in [-0.4, -0.2) is 44.5 Å². The standard InChI is InChI=1S/C14H19N5O/c1-10-3-5-12(6-4-10)19-14(15-16-17-19)18-8-7-11(2)13(20)9-18/h3-6,11,13,20H,7-9H2,1-2H3. The van der Waals surface area contributed by atoms with Crippen molar-refractivity contribution in [2.75, 3.05) is 18.0 Å². The number of aromatic nitrogens is 4. The summed E-state index contributed by atoms with van der Waals surface area (Å²) >= 11 is 0. The summed E-state index contributed by atoms with van der Waals surface area (Å²) in [4.78, 5) is 2.05. The van der Waals surface area contributed by atoms with Crippen LogP contribution in [0.3, 0.4) is 0 Å². The number of tetrazole rings is 1. The van der Waals surface area contributed by atoms with Gasteiger partial charge in [-0.3, -0.25) is 0 Å². The third kappa shape index (κ3) is 2.38. The van der Waals surface area contributed by atoms with Crippen LogP contribution in [0.25, 0.3) is 5.69 Å². The fraction of sp³-hybridized carbons (Fsp3) is 0.500. The van der Waals surface area contributed by atoms with E-state index in [2.05, 4.69) is 22.4 Å². The molecular formula is C14H19N5O. The second kappa shape index (κ2) is 5.20. The lowest BCUT2D eigenvalue weighted by atomic mass is 9.96. The second-order valence-corrected chi connectivity index (χ2v) is 5.51. The Balaban J connectivity index is 1.88. The number of benzene rings is 1. The quantitative estimate of drug-likeness (QED) is 0.890. The number of hydrogen-bond acceptors (Lipinski definition) is 5. The van der Waals surface area contributed by atoms with E-state index in [4.69, 9.17) is 0 Å². The Morgan fingerprint density at radius 1 is 1.25 bits per heavy atom. The summed E-state index contributed by atoms with van der Waals surface area (Å²) < 4.78 is 1.72. The Kier molecular flexibility index (Phi) is 3.40. The van der Waals surface area contributed by atoms with Crippen molar-refractivity contribution in [2.45, 2.75) is 26.4 Å². The molecule has 0 saturated carbocycles. The Bertz CT molecular complexity index is 580. The number of nitrogens with zero attached hydrogens (tertiary/aromatic N) is 5. The highest BCUT2D eigenvalue weighted by molar-refractivity contribution is 5.42. The van der Waals surface area contributed by atoms with Crippen LogP contribution in [0.2, 0.25) is 0 Å². The maximum atomic E-state index is 10.0. The molecule has 0 spiro atoms. The summed E-state index contributed by atoms with van der Waals surface area (Å²) in [5.41, 5.74) is 2.13. The van der Waals surface area contributed by atoms with Crippen molar-refractivity contribution in [3.8, 4) is 5.69 Å². The van der Waals surface area contributed by atoms with Gasteiger partial charge in [0.15, 0.2) is 0 Å². The molecule has 2 heterocycles.